The topological polar surface area (TPSA) is 83.6 Å². The van der Waals surface area contributed by atoms with Gasteiger partial charge in [0.05, 0.1) is 14.8 Å². The number of benzene rings is 3. The van der Waals surface area contributed by atoms with Gasteiger partial charge in [-0.05, 0) is 72.1 Å². The molecule has 0 saturated carbocycles. The number of hydrogen-bond donors (Lipinski definition) is 1. The van der Waals surface area contributed by atoms with Gasteiger partial charge in [0, 0.05) is 18.8 Å². The van der Waals surface area contributed by atoms with Gasteiger partial charge in [0.1, 0.15) is 11.6 Å². The van der Waals surface area contributed by atoms with Crippen LogP contribution in [0.4, 0.5) is 14.5 Å². The number of fused-ring (bicyclic) bond motifs is 1. The SMILES string of the molecule is O=S(=O)(Nc1ccc2c(c1)CN(S(=O)(=O)c1ccc(F)cc1)CC2)c1ccc(F)c(Cl)c1. The Bertz CT molecular complexity index is 1400. The molecule has 11 heteroatoms. The molecule has 0 aromatic heterocycles. The first-order valence-electron chi connectivity index (χ1n) is 9.42. The minimum absolute atomic E-state index is 0.0209. The van der Waals surface area contributed by atoms with Crippen molar-refractivity contribution in [3.63, 3.8) is 0 Å². The quantitative estimate of drug-likeness (QED) is 0.572. The number of anilines is 1. The average molecular weight is 499 g/mol. The molecule has 0 bridgehead atoms. The van der Waals surface area contributed by atoms with Gasteiger partial charge in [-0.2, -0.15) is 4.31 Å². The zero-order valence-corrected chi connectivity index (χ0v) is 18.8. The summed E-state index contributed by atoms with van der Waals surface area (Å²) in [5, 5.41) is -0.319. The van der Waals surface area contributed by atoms with Crippen LogP contribution in [0.25, 0.3) is 0 Å². The van der Waals surface area contributed by atoms with Crippen LogP contribution in [0.5, 0.6) is 0 Å². The van der Waals surface area contributed by atoms with Crippen molar-refractivity contribution in [1.29, 1.82) is 0 Å². The molecular weight excluding hydrogens is 482 g/mol. The highest BCUT2D eigenvalue weighted by Crippen LogP contribution is 2.28. The minimum atomic E-state index is -4.04. The highest BCUT2D eigenvalue weighted by Gasteiger charge is 2.29. The van der Waals surface area contributed by atoms with E-state index in [1.54, 1.807) is 18.2 Å². The van der Waals surface area contributed by atoms with E-state index in [0.717, 1.165) is 35.9 Å². The Morgan fingerprint density at radius 1 is 0.844 bits per heavy atom. The van der Waals surface area contributed by atoms with Gasteiger partial charge in [-0.1, -0.05) is 17.7 Å². The van der Waals surface area contributed by atoms with Crippen LogP contribution in [0.2, 0.25) is 5.02 Å². The van der Waals surface area contributed by atoms with Crippen molar-refractivity contribution in [3.8, 4) is 0 Å². The summed E-state index contributed by atoms with van der Waals surface area (Å²) in [6.45, 7) is 0.277. The van der Waals surface area contributed by atoms with Crippen LogP contribution in [-0.4, -0.2) is 27.7 Å². The van der Waals surface area contributed by atoms with Gasteiger partial charge in [-0.15, -0.1) is 0 Å². The van der Waals surface area contributed by atoms with Crippen molar-refractivity contribution in [2.45, 2.75) is 22.8 Å². The second-order valence-electron chi connectivity index (χ2n) is 7.21. The van der Waals surface area contributed by atoms with E-state index in [1.165, 1.54) is 16.4 Å². The van der Waals surface area contributed by atoms with Crippen LogP contribution >= 0.6 is 11.6 Å². The lowest BCUT2D eigenvalue weighted by Crippen LogP contribution is -2.36. The maximum absolute atomic E-state index is 13.4. The van der Waals surface area contributed by atoms with E-state index in [1.807, 2.05) is 0 Å². The molecule has 1 aliphatic rings. The van der Waals surface area contributed by atoms with E-state index < -0.39 is 31.7 Å². The third kappa shape index (κ3) is 4.49. The molecule has 1 heterocycles. The number of hydrogen-bond acceptors (Lipinski definition) is 4. The van der Waals surface area contributed by atoms with Gasteiger partial charge in [0.2, 0.25) is 10.0 Å². The summed E-state index contributed by atoms with van der Waals surface area (Å²) < 4.78 is 81.3. The Balaban J connectivity index is 1.59. The molecule has 0 saturated heterocycles. The lowest BCUT2D eigenvalue weighted by atomic mass is 10.0. The highest BCUT2D eigenvalue weighted by molar-refractivity contribution is 7.92. The summed E-state index contributed by atoms with van der Waals surface area (Å²) in [4.78, 5) is -0.227. The van der Waals surface area contributed by atoms with Crippen molar-refractivity contribution in [2.24, 2.45) is 0 Å². The largest absolute Gasteiger partial charge is 0.280 e. The van der Waals surface area contributed by atoms with Gasteiger partial charge >= 0.3 is 0 Å². The minimum Gasteiger partial charge on any atom is -0.280 e. The maximum atomic E-state index is 13.4. The third-order valence-electron chi connectivity index (χ3n) is 5.09. The molecule has 0 amide bonds. The fraction of sp³-hybridized carbons (Fsp3) is 0.143. The Labute approximate surface area is 189 Å². The molecule has 0 fully saturated rings. The van der Waals surface area contributed by atoms with Crippen LogP contribution in [-0.2, 0) is 33.0 Å². The summed E-state index contributed by atoms with van der Waals surface area (Å²) in [6.07, 6.45) is 0.441. The summed E-state index contributed by atoms with van der Waals surface area (Å²) >= 11 is 5.69. The van der Waals surface area contributed by atoms with Crippen LogP contribution in [0.1, 0.15) is 11.1 Å². The molecule has 3 aromatic carbocycles. The lowest BCUT2D eigenvalue weighted by molar-refractivity contribution is 0.391. The van der Waals surface area contributed by atoms with Crippen molar-refractivity contribution < 1.29 is 25.6 Å². The third-order valence-corrected chi connectivity index (χ3v) is 8.62. The molecule has 0 unspecified atom stereocenters. The summed E-state index contributed by atoms with van der Waals surface area (Å²) in [5.74, 6) is -1.27. The van der Waals surface area contributed by atoms with Crippen LogP contribution in [0.3, 0.4) is 0 Å². The van der Waals surface area contributed by atoms with Crippen molar-refractivity contribution in [1.82, 2.24) is 4.31 Å². The molecule has 0 aliphatic carbocycles. The molecule has 3 aromatic rings. The highest BCUT2D eigenvalue weighted by atomic mass is 35.5. The second kappa shape index (κ2) is 8.43. The Kier molecular flexibility index (Phi) is 5.97. The predicted molar refractivity (Wildman–Crippen MR) is 116 cm³/mol. The molecule has 1 aliphatic heterocycles. The Morgan fingerprint density at radius 3 is 2.22 bits per heavy atom. The molecule has 0 spiro atoms. The van der Waals surface area contributed by atoms with Crippen LogP contribution in [0, 0.1) is 11.6 Å². The summed E-state index contributed by atoms with van der Waals surface area (Å²) in [7, 11) is -7.88. The number of halogens is 3. The number of nitrogens with zero attached hydrogens (tertiary/aromatic N) is 1. The van der Waals surface area contributed by atoms with E-state index in [9.17, 15) is 25.6 Å². The van der Waals surface area contributed by atoms with E-state index in [-0.39, 0.29) is 33.6 Å². The first-order chi connectivity index (χ1) is 15.1. The maximum Gasteiger partial charge on any atom is 0.261 e. The molecule has 0 atom stereocenters. The molecule has 1 N–H and O–H groups in total. The summed E-state index contributed by atoms with van der Waals surface area (Å²) in [6, 6.07) is 12.5. The van der Waals surface area contributed by atoms with Gasteiger partial charge in [0.25, 0.3) is 10.0 Å². The standard InChI is InChI=1S/C21H17ClF2N2O4S2/c22-20-12-19(7-8-21(20)24)31(27,28)25-17-4-1-14-9-10-26(13-15(14)11-17)32(29,30)18-5-2-16(23)3-6-18/h1-8,11-12,25H,9-10,13H2. The second-order valence-corrected chi connectivity index (χ2v) is 11.2. The van der Waals surface area contributed by atoms with E-state index in [2.05, 4.69) is 4.72 Å². The predicted octanol–water partition coefficient (Wildman–Crippen LogP) is 4.17. The smallest absolute Gasteiger partial charge is 0.261 e. The Morgan fingerprint density at radius 2 is 1.53 bits per heavy atom. The van der Waals surface area contributed by atoms with Crippen molar-refractivity contribution >= 4 is 37.3 Å². The molecule has 6 nitrogen and oxygen atoms in total. The van der Waals surface area contributed by atoms with Crippen molar-refractivity contribution in [2.75, 3.05) is 11.3 Å². The van der Waals surface area contributed by atoms with E-state index in [0.29, 0.717) is 12.0 Å². The zero-order chi connectivity index (χ0) is 23.1. The van der Waals surface area contributed by atoms with Gasteiger partial charge in [-0.3, -0.25) is 4.72 Å². The fourth-order valence-corrected chi connectivity index (χ4v) is 6.15. The zero-order valence-electron chi connectivity index (χ0n) is 16.4. The average Bonchev–Trinajstić information content (AvgIpc) is 2.75. The normalized spacial score (nSPS) is 14.7. The van der Waals surface area contributed by atoms with Crippen LogP contribution in [0.15, 0.2) is 70.5 Å². The number of sulfonamides is 2. The fourth-order valence-electron chi connectivity index (χ4n) is 3.41. The number of rotatable bonds is 5. The van der Waals surface area contributed by atoms with E-state index in [4.69, 9.17) is 11.6 Å². The van der Waals surface area contributed by atoms with Gasteiger partial charge in [0.15, 0.2) is 0 Å². The van der Waals surface area contributed by atoms with Crippen molar-refractivity contribution in [3.05, 3.63) is 88.4 Å². The van der Waals surface area contributed by atoms with Gasteiger partial charge < -0.3 is 0 Å². The van der Waals surface area contributed by atoms with Gasteiger partial charge in [-0.25, -0.2) is 25.6 Å². The Hall–Kier alpha value is -2.53. The molecule has 32 heavy (non-hydrogen) atoms. The lowest BCUT2D eigenvalue weighted by Gasteiger charge is -2.28. The molecule has 4 rings (SSSR count). The van der Waals surface area contributed by atoms with Crippen LogP contribution < -0.4 is 4.72 Å². The number of nitrogens with one attached hydrogen (secondary N) is 1. The summed E-state index contributed by atoms with van der Waals surface area (Å²) in [5.41, 5.74) is 1.76. The first-order valence-corrected chi connectivity index (χ1v) is 12.7. The molecular formula is C21H17ClF2N2O4S2. The molecule has 0 radical (unpaired) electrons. The first kappa shape index (κ1) is 22.7. The molecule has 168 valence electrons. The monoisotopic (exact) mass is 498 g/mol. The van der Waals surface area contributed by atoms with E-state index >= 15 is 0 Å².